The Labute approximate surface area is 81.9 Å². The number of nitrogens with zero attached hydrogens (tertiary/aromatic N) is 1. The van der Waals surface area contributed by atoms with Crippen molar-refractivity contribution >= 4 is 17.7 Å². The summed E-state index contributed by atoms with van der Waals surface area (Å²) in [7, 11) is 0. The van der Waals surface area contributed by atoms with Crippen LogP contribution in [-0.4, -0.2) is 10.1 Å². The minimum Gasteiger partial charge on any atom is -0.512 e. The Bertz CT molecular complexity index is 373. The van der Waals surface area contributed by atoms with Gasteiger partial charge in [0.05, 0.1) is 5.76 Å². The van der Waals surface area contributed by atoms with Gasteiger partial charge in [0.15, 0.2) is 0 Å². The van der Waals surface area contributed by atoms with Gasteiger partial charge in [-0.25, -0.2) is 4.98 Å². The molecule has 0 fully saturated rings. The second-order valence-electron chi connectivity index (χ2n) is 3.35. The van der Waals surface area contributed by atoms with Crippen molar-refractivity contribution in [2.45, 2.75) is 19.3 Å². The minimum absolute atomic E-state index is 0.251. The lowest BCUT2D eigenvalue weighted by Gasteiger charge is -2.20. The molecule has 0 saturated carbocycles. The van der Waals surface area contributed by atoms with Gasteiger partial charge in [0.2, 0.25) is 0 Å². The van der Waals surface area contributed by atoms with E-state index < -0.39 is 0 Å². The van der Waals surface area contributed by atoms with Crippen LogP contribution in [0.15, 0.2) is 18.0 Å². The number of aliphatic hydroxyl groups excluding tert-OH is 1. The number of aliphatic hydroxyl groups is 1. The maximum atomic E-state index is 9.41. The van der Waals surface area contributed by atoms with E-state index in [0.717, 1.165) is 11.1 Å². The van der Waals surface area contributed by atoms with Gasteiger partial charge in [-0.05, 0) is 23.6 Å². The fourth-order valence-corrected chi connectivity index (χ4v) is 2.08. The van der Waals surface area contributed by atoms with E-state index in [2.05, 4.69) is 4.98 Å². The first-order chi connectivity index (χ1) is 6.18. The van der Waals surface area contributed by atoms with Crippen LogP contribution in [0.4, 0.5) is 0 Å². The zero-order valence-corrected chi connectivity index (χ0v) is 8.04. The fourth-order valence-electron chi connectivity index (χ4n) is 1.73. The molecule has 0 aliphatic heterocycles. The summed E-state index contributed by atoms with van der Waals surface area (Å²) in [5.41, 5.74) is 2.03. The van der Waals surface area contributed by atoms with Crippen LogP contribution in [0.5, 0.6) is 0 Å². The van der Waals surface area contributed by atoms with Crippen molar-refractivity contribution in [3.05, 3.63) is 34.3 Å². The Morgan fingerprint density at radius 3 is 3.15 bits per heavy atom. The first kappa shape index (κ1) is 8.57. The molecular weight excluding hydrogens is 186 g/mol. The number of rotatable bonds is 0. The standard InChI is InChI=1S/C10H10ClNO/c1-6-4-8(13)5-7-2-3-12-10(11)9(6)7/h2-3,5-6,13H,4H2,1H3. The number of allylic oxidation sites excluding steroid dienone is 1. The molecule has 3 heteroatoms. The Hall–Kier alpha value is -1.02. The molecular formula is C10H10ClNO. The van der Waals surface area contributed by atoms with E-state index in [1.807, 2.05) is 13.0 Å². The number of fused-ring (bicyclic) bond motifs is 1. The van der Waals surface area contributed by atoms with E-state index in [1.165, 1.54) is 0 Å². The van der Waals surface area contributed by atoms with Gasteiger partial charge in [0, 0.05) is 18.2 Å². The summed E-state index contributed by atoms with van der Waals surface area (Å²) in [6, 6.07) is 1.87. The summed E-state index contributed by atoms with van der Waals surface area (Å²) < 4.78 is 0. The molecule has 2 rings (SSSR count). The third-order valence-electron chi connectivity index (χ3n) is 2.31. The molecule has 0 saturated heterocycles. The van der Waals surface area contributed by atoms with Crippen molar-refractivity contribution in [3.8, 4) is 0 Å². The second kappa shape index (κ2) is 3.04. The van der Waals surface area contributed by atoms with E-state index in [0.29, 0.717) is 17.3 Å². The lowest BCUT2D eigenvalue weighted by atomic mass is 9.89. The van der Waals surface area contributed by atoms with Crippen LogP contribution < -0.4 is 0 Å². The molecule has 1 aliphatic rings. The van der Waals surface area contributed by atoms with Crippen molar-refractivity contribution in [2.24, 2.45) is 0 Å². The van der Waals surface area contributed by atoms with E-state index >= 15 is 0 Å². The molecule has 1 atom stereocenters. The van der Waals surface area contributed by atoms with E-state index in [4.69, 9.17) is 11.6 Å². The smallest absolute Gasteiger partial charge is 0.133 e. The van der Waals surface area contributed by atoms with Crippen molar-refractivity contribution in [2.75, 3.05) is 0 Å². The maximum absolute atomic E-state index is 9.41. The molecule has 1 heterocycles. The summed E-state index contributed by atoms with van der Waals surface area (Å²) in [4.78, 5) is 4.02. The first-order valence-corrected chi connectivity index (χ1v) is 4.60. The molecule has 0 spiro atoms. The Morgan fingerprint density at radius 1 is 1.62 bits per heavy atom. The van der Waals surface area contributed by atoms with E-state index in [9.17, 15) is 5.11 Å². The molecule has 1 aromatic rings. The highest BCUT2D eigenvalue weighted by molar-refractivity contribution is 6.30. The van der Waals surface area contributed by atoms with Crippen LogP contribution in [0.1, 0.15) is 30.4 Å². The van der Waals surface area contributed by atoms with Crippen LogP contribution in [-0.2, 0) is 0 Å². The number of halogens is 1. The van der Waals surface area contributed by atoms with Gasteiger partial charge in [-0.1, -0.05) is 18.5 Å². The zero-order chi connectivity index (χ0) is 9.42. The summed E-state index contributed by atoms with van der Waals surface area (Å²) in [6.07, 6.45) is 4.06. The molecule has 1 N–H and O–H groups in total. The van der Waals surface area contributed by atoms with Gasteiger partial charge in [-0.15, -0.1) is 0 Å². The molecule has 1 aromatic heterocycles. The third-order valence-corrected chi connectivity index (χ3v) is 2.61. The van der Waals surface area contributed by atoms with Crippen molar-refractivity contribution < 1.29 is 5.11 Å². The molecule has 2 nitrogen and oxygen atoms in total. The van der Waals surface area contributed by atoms with Crippen molar-refractivity contribution in [3.63, 3.8) is 0 Å². The number of aromatic nitrogens is 1. The maximum Gasteiger partial charge on any atom is 0.133 e. The van der Waals surface area contributed by atoms with E-state index in [-0.39, 0.29) is 5.92 Å². The summed E-state index contributed by atoms with van der Waals surface area (Å²) >= 11 is 5.96. The van der Waals surface area contributed by atoms with E-state index in [1.54, 1.807) is 12.3 Å². The summed E-state index contributed by atoms with van der Waals surface area (Å²) in [5, 5.41) is 9.96. The SMILES string of the molecule is CC1CC(O)=Cc2ccnc(Cl)c21. The van der Waals surface area contributed by atoms with Gasteiger partial charge in [-0.3, -0.25) is 0 Å². The second-order valence-corrected chi connectivity index (χ2v) is 3.70. The highest BCUT2D eigenvalue weighted by atomic mass is 35.5. The average Bonchev–Trinajstić information content (AvgIpc) is 2.02. The van der Waals surface area contributed by atoms with Gasteiger partial charge >= 0.3 is 0 Å². The molecule has 0 radical (unpaired) electrons. The Balaban J connectivity index is 2.62. The quantitative estimate of drug-likeness (QED) is 0.646. The highest BCUT2D eigenvalue weighted by Gasteiger charge is 2.20. The van der Waals surface area contributed by atoms with Gasteiger partial charge < -0.3 is 5.11 Å². The molecule has 0 bridgehead atoms. The highest BCUT2D eigenvalue weighted by Crippen LogP contribution is 2.35. The largest absolute Gasteiger partial charge is 0.512 e. The number of pyridine rings is 1. The minimum atomic E-state index is 0.251. The van der Waals surface area contributed by atoms with Gasteiger partial charge in [-0.2, -0.15) is 0 Å². The fraction of sp³-hybridized carbons (Fsp3) is 0.300. The summed E-state index contributed by atoms with van der Waals surface area (Å²) in [5.74, 6) is 0.670. The molecule has 0 aromatic carbocycles. The first-order valence-electron chi connectivity index (χ1n) is 4.22. The Kier molecular flexibility index (Phi) is 2.00. The number of hydrogen-bond donors (Lipinski definition) is 1. The van der Waals surface area contributed by atoms with Crippen molar-refractivity contribution in [1.29, 1.82) is 0 Å². The monoisotopic (exact) mass is 195 g/mol. The van der Waals surface area contributed by atoms with Crippen LogP contribution in [0.3, 0.4) is 0 Å². The lowest BCUT2D eigenvalue weighted by Crippen LogP contribution is -2.05. The zero-order valence-electron chi connectivity index (χ0n) is 7.29. The molecule has 68 valence electrons. The van der Waals surface area contributed by atoms with Crippen LogP contribution in [0.25, 0.3) is 6.08 Å². The predicted octanol–water partition coefficient (Wildman–Crippen LogP) is 3.14. The van der Waals surface area contributed by atoms with Gasteiger partial charge in [0.1, 0.15) is 5.15 Å². The molecule has 0 amide bonds. The summed E-state index contributed by atoms with van der Waals surface area (Å²) in [6.45, 7) is 2.04. The normalized spacial score (nSPS) is 20.8. The molecule has 13 heavy (non-hydrogen) atoms. The molecule has 1 unspecified atom stereocenters. The van der Waals surface area contributed by atoms with Gasteiger partial charge in [0.25, 0.3) is 0 Å². The Morgan fingerprint density at radius 2 is 2.38 bits per heavy atom. The topological polar surface area (TPSA) is 33.1 Å². The van der Waals surface area contributed by atoms with Crippen molar-refractivity contribution in [1.82, 2.24) is 4.98 Å². The number of hydrogen-bond acceptors (Lipinski definition) is 2. The third kappa shape index (κ3) is 1.42. The molecule has 1 aliphatic carbocycles. The average molecular weight is 196 g/mol. The van der Waals surface area contributed by atoms with Crippen LogP contribution in [0, 0.1) is 0 Å². The van der Waals surface area contributed by atoms with Crippen LogP contribution >= 0.6 is 11.6 Å². The van der Waals surface area contributed by atoms with Crippen LogP contribution in [0.2, 0.25) is 5.15 Å². The lowest BCUT2D eigenvalue weighted by molar-refractivity contribution is 0.379. The predicted molar refractivity (Wildman–Crippen MR) is 52.9 cm³/mol.